The monoisotopic (exact) mass is 271 g/mol. The van der Waals surface area contributed by atoms with Crippen molar-refractivity contribution in [2.75, 3.05) is 6.54 Å². The second-order valence-electron chi connectivity index (χ2n) is 5.31. The summed E-state index contributed by atoms with van der Waals surface area (Å²) in [6.45, 7) is 5.79. The Labute approximate surface area is 120 Å². The molecule has 18 heavy (non-hydrogen) atoms. The van der Waals surface area contributed by atoms with Crippen LogP contribution in [0.1, 0.15) is 71.6 Å². The molecule has 0 aromatic heterocycles. The van der Waals surface area contributed by atoms with Crippen LogP contribution in [-0.2, 0) is 0 Å². The minimum atomic E-state index is 0. The molecule has 1 aliphatic rings. The fraction of sp³-hybridized carbons (Fsp3) is 0.750. The van der Waals surface area contributed by atoms with Crippen molar-refractivity contribution in [2.24, 2.45) is 0 Å². The number of allylic oxidation sites excluding steroid dienone is 3. The van der Waals surface area contributed by atoms with Crippen LogP contribution in [0.4, 0.5) is 0 Å². The molecular weight excluding hydrogens is 242 g/mol. The standard InChI is InChI=1S/C16H29N.ClH/c1-3-4-5-6-7-8-9-10-11-14-17-15-12-13-16(17)2;/h12-13,15H,3-11,14H2,1-2H3;1H. The first-order chi connectivity index (χ1) is 8.34. The van der Waals surface area contributed by atoms with Crippen LogP contribution in [0.15, 0.2) is 24.0 Å². The van der Waals surface area contributed by atoms with Crippen LogP contribution < -0.4 is 17.3 Å². The van der Waals surface area contributed by atoms with Gasteiger partial charge in [0.15, 0.2) is 0 Å². The molecule has 1 unspecified atom stereocenters. The smallest absolute Gasteiger partial charge is 0.109 e. The van der Waals surface area contributed by atoms with Gasteiger partial charge in [0.2, 0.25) is 0 Å². The topological polar surface area (TPSA) is 4.44 Å². The highest BCUT2D eigenvalue weighted by Gasteiger charge is 2.10. The lowest BCUT2D eigenvalue weighted by molar-refractivity contribution is -0.802. The molecule has 1 heterocycles. The molecule has 1 N–H and O–H groups in total. The predicted octanol–water partition coefficient (Wildman–Crippen LogP) is 0.837. The zero-order valence-corrected chi connectivity index (χ0v) is 12.9. The van der Waals surface area contributed by atoms with Gasteiger partial charge in [-0.2, -0.15) is 0 Å². The van der Waals surface area contributed by atoms with Crippen molar-refractivity contribution in [3.05, 3.63) is 24.0 Å². The summed E-state index contributed by atoms with van der Waals surface area (Å²) < 4.78 is 0. The van der Waals surface area contributed by atoms with E-state index in [4.69, 9.17) is 0 Å². The summed E-state index contributed by atoms with van der Waals surface area (Å²) in [6.07, 6.45) is 19.5. The highest BCUT2D eigenvalue weighted by molar-refractivity contribution is 5.08. The average molecular weight is 272 g/mol. The van der Waals surface area contributed by atoms with E-state index in [2.05, 4.69) is 32.2 Å². The van der Waals surface area contributed by atoms with E-state index < -0.39 is 0 Å². The van der Waals surface area contributed by atoms with Crippen molar-refractivity contribution in [3.63, 3.8) is 0 Å². The number of quaternary nitrogens is 1. The van der Waals surface area contributed by atoms with Gasteiger partial charge < -0.3 is 12.4 Å². The number of nitrogens with one attached hydrogen (secondary N) is 1. The lowest BCUT2D eigenvalue weighted by Gasteiger charge is -2.10. The second-order valence-corrected chi connectivity index (χ2v) is 5.31. The molecule has 0 spiro atoms. The first-order valence-electron chi connectivity index (χ1n) is 7.55. The Balaban J connectivity index is 0.00000289. The Hall–Kier alpha value is -0.270. The minimum Gasteiger partial charge on any atom is -1.00 e. The fourth-order valence-electron chi connectivity index (χ4n) is 2.45. The fourth-order valence-corrected chi connectivity index (χ4v) is 2.45. The number of hydrogen-bond acceptors (Lipinski definition) is 0. The third kappa shape index (κ3) is 7.94. The average Bonchev–Trinajstić information content (AvgIpc) is 2.73. The third-order valence-electron chi connectivity index (χ3n) is 3.70. The normalized spacial score (nSPS) is 17.7. The van der Waals surface area contributed by atoms with Gasteiger partial charge in [0.25, 0.3) is 0 Å². The molecular formula is C16H30ClN. The molecule has 0 bridgehead atoms. The number of hydrogen-bond donors (Lipinski definition) is 1. The van der Waals surface area contributed by atoms with Crippen LogP contribution in [0.5, 0.6) is 0 Å². The SMILES string of the molecule is CCCCCCCCCCC[NH+]1C=CC=C1C.[Cl-]. The Kier molecular flexibility index (Phi) is 11.6. The van der Waals surface area contributed by atoms with Crippen LogP contribution in [-0.4, -0.2) is 6.54 Å². The van der Waals surface area contributed by atoms with E-state index in [-0.39, 0.29) is 12.4 Å². The summed E-state index contributed by atoms with van der Waals surface area (Å²) in [5.41, 5.74) is 1.48. The molecule has 1 rings (SSSR count). The van der Waals surface area contributed by atoms with Gasteiger partial charge in [-0.15, -0.1) is 0 Å². The number of unbranched alkanes of at least 4 members (excludes halogenated alkanes) is 8. The van der Waals surface area contributed by atoms with Crippen LogP contribution in [0.25, 0.3) is 0 Å². The zero-order chi connectivity index (χ0) is 12.3. The van der Waals surface area contributed by atoms with Gasteiger partial charge in [0.05, 0.1) is 12.7 Å². The number of rotatable bonds is 10. The van der Waals surface area contributed by atoms with E-state index in [1.165, 1.54) is 70.0 Å². The van der Waals surface area contributed by atoms with Gasteiger partial charge >= 0.3 is 0 Å². The maximum atomic E-state index is 2.28. The minimum absolute atomic E-state index is 0. The van der Waals surface area contributed by atoms with Crippen molar-refractivity contribution in [1.29, 1.82) is 0 Å². The van der Waals surface area contributed by atoms with E-state index in [1.807, 2.05) is 0 Å². The van der Waals surface area contributed by atoms with E-state index in [0.717, 1.165) is 0 Å². The van der Waals surface area contributed by atoms with Crippen molar-refractivity contribution < 1.29 is 17.3 Å². The van der Waals surface area contributed by atoms with Gasteiger partial charge in [-0.1, -0.05) is 51.9 Å². The largest absolute Gasteiger partial charge is 1.00 e. The molecule has 1 atom stereocenters. The second kappa shape index (κ2) is 11.8. The molecule has 0 aromatic carbocycles. The van der Waals surface area contributed by atoms with Crippen LogP contribution in [0, 0.1) is 0 Å². The molecule has 1 nitrogen and oxygen atoms in total. The van der Waals surface area contributed by atoms with Crippen molar-refractivity contribution in [1.82, 2.24) is 0 Å². The first kappa shape index (κ1) is 17.7. The lowest BCUT2D eigenvalue weighted by atomic mass is 10.1. The Morgan fingerprint density at radius 2 is 1.44 bits per heavy atom. The molecule has 0 saturated carbocycles. The first-order valence-corrected chi connectivity index (χ1v) is 7.55. The predicted molar refractivity (Wildman–Crippen MR) is 76.0 cm³/mol. The van der Waals surface area contributed by atoms with E-state index >= 15 is 0 Å². The summed E-state index contributed by atoms with van der Waals surface area (Å²) in [4.78, 5) is 1.56. The molecule has 2 heteroatoms. The maximum absolute atomic E-state index is 2.28. The summed E-state index contributed by atoms with van der Waals surface area (Å²) in [7, 11) is 0. The van der Waals surface area contributed by atoms with Gasteiger partial charge in [0.1, 0.15) is 5.70 Å². The number of halogens is 1. The third-order valence-corrected chi connectivity index (χ3v) is 3.70. The lowest BCUT2D eigenvalue weighted by Crippen LogP contribution is -3.04. The van der Waals surface area contributed by atoms with Gasteiger partial charge in [-0.3, -0.25) is 4.90 Å². The molecule has 0 radical (unpaired) electrons. The molecule has 0 fully saturated rings. The molecule has 0 aliphatic carbocycles. The van der Waals surface area contributed by atoms with Crippen molar-refractivity contribution >= 4 is 0 Å². The van der Waals surface area contributed by atoms with Gasteiger partial charge in [0, 0.05) is 6.92 Å². The summed E-state index contributed by atoms with van der Waals surface area (Å²) in [5.74, 6) is 0. The summed E-state index contributed by atoms with van der Waals surface area (Å²) in [5, 5.41) is 0. The van der Waals surface area contributed by atoms with Crippen LogP contribution in [0.2, 0.25) is 0 Å². The Morgan fingerprint density at radius 3 is 1.94 bits per heavy atom. The van der Waals surface area contributed by atoms with Crippen LogP contribution in [0.3, 0.4) is 0 Å². The maximum Gasteiger partial charge on any atom is 0.109 e. The quantitative estimate of drug-likeness (QED) is 0.562. The molecule has 0 saturated heterocycles. The van der Waals surface area contributed by atoms with E-state index in [1.54, 1.807) is 4.90 Å². The zero-order valence-electron chi connectivity index (χ0n) is 12.2. The van der Waals surface area contributed by atoms with Crippen LogP contribution >= 0.6 is 0 Å². The van der Waals surface area contributed by atoms with Gasteiger partial charge in [-0.25, -0.2) is 0 Å². The Bertz CT molecular complexity index is 245. The Morgan fingerprint density at radius 1 is 0.889 bits per heavy atom. The van der Waals surface area contributed by atoms with Crippen molar-refractivity contribution in [3.8, 4) is 0 Å². The van der Waals surface area contributed by atoms with Crippen molar-refractivity contribution in [2.45, 2.75) is 71.6 Å². The summed E-state index contributed by atoms with van der Waals surface area (Å²) >= 11 is 0. The summed E-state index contributed by atoms with van der Waals surface area (Å²) in [6, 6.07) is 0. The molecule has 1 aliphatic heterocycles. The molecule has 0 amide bonds. The van der Waals surface area contributed by atoms with Gasteiger partial charge in [-0.05, 0) is 25.0 Å². The van der Waals surface area contributed by atoms with E-state index in [9.17, 15) is 0 Å². The molecule has 106 valence electrons. The highest BCUT2D eigenvalue weighted by Crippen LogP contribution is 2.09. The van der Waals surface area contributed by atoms with E-state index in [0.29, 0.717) is 0 Å². The highest BCUT2D eigenvalue weighted by atomic mass is 35.5. The molecule has 0 aromatic rings.